The molecule has 1 atom stereocenters. The molecule has 7 aromatic rings. The van der Waals surface area contributed by atoms with E-state index in [4.69, 9.17) is 0 Å². The highest BCUT2D eigenvalue weighted by molar-refractivity contribution is 5.99. The molecular weight excluding hydrogens is 556 g/mol. The second-order valence-corrected chi connectivity index (χ2v) is 11.8. The van der Waals surface area contributed by atoms with Crippen LogP contribution in [-0.4, -0.2) is 0 Å². The van der Waals surface area contributed by atoms with E-state index in [1.807, 2.05) is 0 Å². The molecule has 220 valence electrons. The Balaban J connectivity index is 1.31. The zero-order chi connectivity index (χ0) is 30.8. The molecule has 46 heavy (non-hydrogen) atoms. The molecule has 2 heteroatoms. The SMILES string of the molecule is C1=CCC(c2ccc(N(c3ccccc3)c3cccc4ccccc34)cc2)(N(c2ccccc2)c2cccc3ccccc23)C=C1. The number of anilines is 5. The van der Waals surface area contributed by atoms with Crippen molar-refractivity contribution in [3.05, 3.63) is 200 Å². The van der Waals surface area contributed by atoms with Crippen LogP contribution >= 0.6 is 0 Å². The van der Waals surface area contributed by atoms with Gasteiger partial charge >= 0.3 is 0 Å². The van der Waals surface area contributed by atoms with Crippen LogP contribution in [0.2, 0.25) is 0 Å². The highest BCUT2D eigenvalue weighted by atomic mass is 15.2. The van der Waals surface area contributed by atoms with Gasteiger partial charge in [0.1, 0.15) is 0 Å². The van der Waals surface area contributed by atoms with Crippen LogP contribution in [0.15, 0.2) is 194 Å². The predicted octanol–water partition coefficient (Wildman–Crippen LogP) is 12.0. The van der Waals surface area contributed by atoms with E-state index in [1.165, 1.54) is 32.8 Å². The molecule has 0 bridgehead atoms. The van der Waals surface area contributed by atoms with Crippen molar-refractivity contribution in [3.8, 4) is 0 Å². The van der Waals surface area contributed by atoms with Gasteiger partial charge in [-0.2, -0.15) is 0 Å². The minimum Gasteiger partial charge on any atom is -0.327 e. The lowest BCUT2D eigenvalue weighted by atomic mass is 9.80. The van der Waals surface area contributed by atoms with Crippen LogP contribution < -0.4 is 9.80 Å². The Morgan fingerprint density at radius 1 is 0.413 bits per heavy atom. The van der Waals surface area contributed by atoms with Crippen molar-refractivity contribution >= 4 is 50.0 Å². The van der Waals surface area contributed by atoms with Crippen molar-refractivity contribution in [3.63, 3.8) is 0 Å². The Morgan fingerprint density at radius 2 is 0.935 bits per heavy atom. The van der Waals surface area contributed by atoms with E-state index in [1.54, 1.807) is 0 Å². The fraction of sp³-hybridized carbons (Fsp3) is 0.0455. The van der Waals surface area contributed by atoms with E-state index in [9.17, 15) is 0 Å². The van der Waals surface area contributed by atoms with Gasteiger partial charge in [-0.25, -0.2) is 0 Å². The van der Waals surface area contributed by atoms with Gasteiger partial charge < -0.3 is 9.80 Å². The predicted molar refractivity (Wildman–Crippen MR) is 196 cm³/mol. The molecule has 1 unspecified atom stereocenters. The molecule has 0 aromatic heterocycles. The Kier molecular flexibility index (Phi) is 7.16. The van der Waals surface area contributed by atoms with Crippen LogP contribution in [0.4, 0.5) is 28.4 Å². The largest absolute Gasteiger partial charge is 0.327 e. The number of nitrogens with zero attached hydrogens (tertiary/aromatic N) is 2. The molecular formula is C44H34N2. The van der Waals surface area contributed by atoms with Gasteiger partial charge in [0.2, 0.25) is 0 Å². The van der Waals surface area contributed by atoms with Gasteiger partial charge in [0, 0.05) is 27.8 Å². The van der Waals surface area contributed by atoms with Crippen LogP contribution in [-0.2, 0) is 5.54 Å². The van der Waals surface area contributed by atoms with E-state index in [-0.39, 0.29) is 0 Å². The number of allylic oxidation sites excluding steroid dienone is 2. The van der Waals surface area contributed by atoms with Crippen LogP contribution in [0, 0.1) is 0 Å². The maximum absolute atomic E-state index is 2.53. The summed E-state index contributed by atoms with van der Waals surface area (Å²) in [4.78, 5) is 4.90. The molecule has 0 aliphatic heterocycles. The van der Waals surface area contributed by atoms with Gasteiger partial charge in [-0.15, -0.1) is 0 Å². The summed E-state index contributed by atoms with van der Waals surface area (Å²) in [5.41, 5.74) is 6.56. The zero-order valence-corrected chi connectivity index (χ0v) is 25.6. The number of hydrogen-bond donors (Lipinski definition) is 0. The molecule has 0 radical (unpaired) electrons. The standard InChI is InChI=1S/C44H34N2/c1-4-20-37(21-5-1)45(42-26-14-18-34-16-8-10-24-40(34)42)38-30-28-36(29-31-38)44(32-12-3-13-33-44)46(39-22-6-2-7-23-39)43-27-15-19-35-17-9-11-25-41(35)43/h1-32H,33H2. The highest BCUT2D eigenvalue weighted by Gasteiger charge is 2.38. The summed E-state index contributed by atoms with van der Waals surface area (Å²) >= 11 is 0. The van der Waals surface area contributed by atoms with E-state index in [2.05, 4.69) is 204 Å². The summed E-state index contributed by atoms with van der Waals surface area (Å²) < 4.78 is 0. The Morgan fingerprint density at radius 3 is 1.57 bits per heavy atom. The molecule has 8 rings (SSSR count). The van der Waals surface area contributed by atoms with Crippen LogP contribution in [0.3, 0.4) is 0 Å². The number of fused-ring (bicyclic) bond motifs is 2. The van der Waals surface area contributed by atoms with Crippen molar-refractivity contribution < 1.29 is 0 Å². The number of benzene rings is 7. The minimum absolute atomic E-state index is 0.435. The van der Waals surface area contributed by atoms with Gasteiger partial charge in [0.25, 0.3) is 0 Å². The first-order chi connectivity index (χ1) is 22.8. The lowest BCUT2D eigenvalue weighted by Crippen LogP contribution is -2.42. The van der Waals surface area contributed by atoms with Gasteiger partial charge in [-0.3, -0.25) is 0 Å². The van der Waals surface area contributed by atoms with Crippen LogP contribution in [0.25, 0.3) is 21.5 Å². The average Bonchev–Trinajstić information content (AvgIpc) is 3.14. The lowest BCUT2D eigenvalue weighted by Gasteiger charge is -2.45. The van der Waals surface area contributed by atoms with Crippen LogP contribution in [0.5, 0.6) is 0 Å². The number of rotatable bonds is 7. The lowest BCUT2D eigenvalue weighted by molar-refractivity contribution is 0.548. The van der Waals surface area contributed by atoms with Gasteiger partial charge in [0.15, 0.2) is 0 Å². The second-order valence-electron chi connectivity index (χ2n) is 11.8. The van der Waals surface area contributed by atoms with E-state index >= 15 is 0 Å². The Bertz CT molecular complexity index is 2170. The highest BCUT2D eigenvalue weighted by Crippen LogP contribution is 2.47. The molecule has 0 N–H and O–H groups in total. The van der Waals surface area contributed by atoms with Crippen molar-refractivity contribution in [2.45, 2.75) is 12.0 Å². The first kappa shape index (κ1) is 27.7. The molecule has 1 aliphatic rings. The van der Waals surface area contributed by atoms with E-state index in [0.29, 0.717) is 0 Å². The summed E-state index contributed by atoms with van der Waals surface area (Å²) in [5, 5.41) is 4.92. The van der Waals surface area contributed by atoms with E-state index in [0.717, 1.165) is 29.2 Å². The molecule has 0 heterocycles. The summed E-state index contributed by atoms with van der Waals surface area (Å²) in [7, 11) is 0. The summed E-state index contributed by atoms with van der Waals surface area (Å²) in [5.74, 6) is 0. The maximum Gasteiger partial charge on any atom is 0.0923 e. The van der Waals surface area contributed by atoms with Gasteiger partial charge in [0.05, 0.1) is 16.9 Å². The minimum atomic E-state index is -0.435. The monoisotopic (exact) mass is 590 g/mol. The quantitative estimate of drug-likeness (QED) is 0.182. The fourth-order valence-corrected chi connectivity index (χ4v) is 6.99. The molecule has 7 aromatic carbocycles. The van der Waals surface area contributed by atoms with Crippen molar-refractivity contribution in [1.82, 2.24) is 0 Å². The number of para-hydroxylation sites is 2. The normalized spacial score (nSPS) is 15.7. The van der Waals surface area contributed by atoms with Crippen molar-refractivity contribution in [2.24, 2.45) is 0 Å². The Hall–Kier alpha value is -5.86. The van der Waals surface area contributed by atoms with Crippen LogP contribution in [0.1, 0.15) is 12.0 Å². The third-order valence-corrected chi connectivity index (χ3v) is 9.12. The molecule has 0 spiro atoms. The third-order valence-electron chi connectivity index (χ3n) is 9.12. The summed E-state index contributed by atoms with van der Waals surface area (Å²) in [6, 6.07) is 61.2. The third kappa shape index (κ3) is 4.85. The Labute approximate surface area is 270 Å². The smallest absolute Gasteiger partial charge is 0.0923 e. The van der Waals surface area contributed by atoms with Crippen molar-refractivity contribution in [2.75, 3.05) is 9.80 Å². The second kappa shape index (κ2) is 11.9. The van der Waals surface area contributed by atoms with Crippen molar-refractivity contribution in [1.29, 1.82) is 0 Å². The van der Waals surface area contributed by atoms with Gasteiger partial charge in [-0.1, -0.05) is 146 Å². The summed E-state index contributed by atoms with van der Waals surface area (Å²) in [6.45, 7) is 0. The maximum atomic E-state index is 2.53. The zero-order valence-electron chi connectivity index (χ0n) is 25.6. The van der Waals surface area contributed by atoms with E-state index < -0.39 is 5.54 Å². The molecule has 0 amide bonds. The first-order valence-corrected chi connectivity index (χ1v) is 15.9. The topological polar surface area (TPSA) is 6.48 Å². The average molecular weight is 591 g/mol. The molecule has 0 fully saturated rings. The number of hydrogen-bond acceptors (Lipinski definition) is 2. The van der Waals surface area contributed by atoms with Gasteiger partial charge in [-0.05, 0) is 71.3 Å². The first-order valence-electron chi connectivity index (χ1n) is 15.9. The molecule has 0 saturated heterocycles. The molecule has 0 saturated carbocycles. The summed E-state index contributed by atoms with van der Waals surface area (Å²) in [6.07, 6.45) is 9.87. The fourth-order valence-electron chi connectivity index (χ4n) is 6.99. The molecule has 2 nitrogen and oxygen atoms in total. The molecule has 1 aliphatic carbocycles.